The zero-order valence-corrected chi connectivity index (χ0v) is 19.2. The summed E-state index contributed by atoms with van der Waals surface area (Å²) in [5, 5.41) is 3.60. The average Bonchev–Trinajstić information content (AvgIpc) is 3.00. The molecule has 0 radical (unpaired) electrons. The van der Waals surface area contributed by atoms with E-state index in [0.29, 0.717) is 5.69 Å². The molecular formula is C24H28ClN5O2. The summed E-state index contributed by atoms with van der Waals surface area (Å²) in [6, 6.07) is 17.3. The molecule has 3 aromatic rings. The fraction of sp³-hybridized carbons (Fsp3) is 0.333. The zero-order valence-electron chi connectivity index (χ0n) is 18.4. The summed E-state index contributed by atoms with van der Waals surface area (Å²) in [5.41, 5.74) is 2.83. The number of rotatable bonds is 6. The molecule has 0 saturated carbocycles. The van der Waals surface area contributed by atoms with Gasteiger partial charge in [0.2, 0.25) is 5.91 Å². The molecule has 8 heteroatoms. The van der Waals surface area contributed by atoms with Crippen molar-refractivity contribution in [1.82, 2.24) is 19.2 Å². The number of carbonyl (C=O) groups is 1. The van der Waals surface area contributed by atoms with Crippen LogP contribution in [0.25, 0.3) is 5.69 Å². The lowest BCUT2D eigenvalue weighted by Crippen LogP contribution is -2.48. The Morgan fingerprint density at radius 1 is 0.969 bits per heavy atom. The summed E-state index contributed by atoms with van der Waals surface area (Å²) >= 11 is 5.96. The summed E-state index contributed by atoms with van der Waals surface area (Å²) in [6.07, 6.45) is 0. The number of benzene rings is 2. The quantitative estimate of drug-likeness (QED) is 0.623. The molecule has 1 aromatic heterocycles. The van der Waals surface area contributed by atoms with Gasteiger partial charge in [-0.1, -0.05) is 41.9 Å². The summed E-state index contributed by atoms with van der Waals surface area (Å²) < 4.78 is 3.34. The minimum absolute atomic E-state index is 0.165. The van der Waals surface area contributed by atoms with Gasteiger partial charge in [-0.25, -0.2) is 4.68 Å². The highest BCUT2D eigenvalue weighted by molar-refractivity contribution is 6.30. The van der Waals surface area contributed by atoms with E-state index >= 15 is 0 Å². The Hall–Kier alpha value is -2.87. The average molecular weight is 454 g/mol. The third kappa shape index (κ3) is 4.96. The second-order valence-corrected chi connectivity index (χ2v) is 8.60. The number of nitrogens with one attached hydrogen (secondary N) is 1. The maximum absolute atomic E-state index is 13.0. The molecule has 4 rings (SSSR count). The third-order valence-corrected chi connectivity index (χ3v) is 6.22. The van der Waals surface area contributed by atoms with Crippen molar-refractivity contribution in [3.63, 3.8) is 0 Å². The van der Waals surface area contributed by atoms with E-state index in [-0.39, 0.29) is 18.0 Å². The van der Waals surface area contributed by atoms with Crippen molar-refractivity contribution in [3.05, 3.63) is 81.2 Å². The Balaban J connectivity index is 1.34. The number of aromatic nitrogens is 2. The standard InChI is InChI=1S/C24H28ClN5O2/c1-18-23(24(32)30(27(18)2)21-6-4-3-5-7-21)26-22(31)17-29-14-12-28(13-15-29)16-19-8-10-20(25)11-9-19/h3-11H,12-17H2,1-2H3,(H,26,31). The van der Waals surface area contributed by atoms with Crippen molar-refractivity contribution in [2.75, 3.05) is 38.0 Å². The first kappa shape index (κ1) is 22.3. The maximum Gasteiger partial charge on any atom is 0.295 e. The topological polar surface area (TPSA) is 62.5 Å². The molecule has 1 aliphatic rings. The lowest BCUT2D eigenvalue weighted by Gasteiger charge is -2.34. The molecule has 7 nitrogen and oxygen atoms in total. The Labute approximate surface area is 192 Å². The van der Waals surface area contributed by atoms with Crippen LogP contribution in [0.4, 0.5) is 5.69 Å². The number of hydrogen-bond acceptors (Lipinski definition) is 4. The Morgan fingerprint density at radius 3 is 2.25 bits per heavy atom. The summed E-state index contributed by atoms with van der Waals surface area (Å²) in [6.45, 7) is 6.38. The van der Waals surface area contributed by atoms with E-state index in [1.165, 1.54) is 5.56 Å². The van der Waals surface area contributed by atoms with E-state index in [1.807, 2.05) is 68.6 Å². The van der Waals surface area contributed by atoms with Gasteiger partial charge in [-0.2, -0.15) is 0 Å². The van der Waals surface area contributed by atoms with Gasteiger partial charge in [0.05, 0.1) is 17.9 Å². The molecule has 0 unspecified atom stereocenters. The summed E-state index contributed by atoms with van der Waals surface area (Å²) in [4.78, 5) is 30.2. The Morgan fingerprint density at radius 2 is 1.59 bits per heavy atom. The van der Waals surface area contributed by atoms with Gasteiger partial charge in [-0.05, 0) is 36.8 Å². The number of carbonyl (C=O) groups excluding carboxylic acids is 1. The van der Waals surface area contributed by atoms with Crippen LogP contribution in [0.3, 0.4) is 0 Å². The van der Waals surface area contributed by atoms with Gasteiger partial charge in [0.15, 0.2) is 0 Å². The largest absolute Gasteiger partial charge is 0.319 e. The van der Waals surface area contributed by atoms with Gasteiger partial charge in [0.1, 0.15) is 5.69 Å². The van der Waals surface area contributed by atoms with E-state index in [0.717, 1.165) is 49.1 Å². The zero-order chi connectivity index (χ0) is 22.7. The highest BCUT2D eigenvalue weighted by Crippen LogP contribution is 2.15. The van der Waals surface area contributed by atoms with Crippen molar-refractivity contribution in [3.8, 4) is 5.69 Å². The van der Waals surface area contributed by atoms with Crippen LogP contribution in [0.15, 0.2) is 59.4 Å². The molecular weight excluding hydrogens is 426 g/mol. The van der Waals surface area contributed by atoms with Gasteiger partial charge >= 0.3 is 0 Å². The molecule has 0 aliphatic carbocycles. The summed E-state index contributed by atoms with van der Waals surface area (Å²) in [5.74, 6) is -0.165. The van der Waals surface area contributed by atoms with Crippen LogP contribution in [0.2, 0.25) is 5.02 Å². The van der Waals surface area contributed by atoms with Crippen molar-refractivity contribution < 1.29 is 4.79 Å². The molecule has 1 fully saturated rings. The van der Waals surface area contributed by atoms with Crippen LogP contribution in [0.5, 0.6) is 0 Å². The van der Waals surface area contributed by atoms with Crippen LogP contribution < -0.4 is 10.9 Å². The van der Waals surface area contributed by atoms with Gasteiger partial charge in [-0.15, -0.1) is 0 Å². The first-order valence-electron chi connectivity index (χ1n) is 10.8. The number of anilines is 1. The number of amides is 1. The molecule has 1 N–H and O–H groups in total. The molecule has 32 heavy (non-hydrogen) atoms. The van der Waals surface area contributed by atoms with E-state index in [2.05, 4.69) is 15.1 Å². The Kier molecular flexibility index (Phi) is 6.79. The molecule has 1 amide bonds. The van der Waals surface area contributed by atoms with Crippen LogP contribution in [-0.2, 0) is 18.4 Å². The second-order valence-electron chi connectivity index (χ2n) is 8.16. The van der Waals surface area contributed by atoms with Gasteiger partial charge < -0.3 is 5.32 Å². The van der Waals surface area contributed by atoms with Crippen molar-refractivity contribution in [2.45, 2.75) is 13.5 Å². The predicted molar refractivity (Wildman–Crippen MR) is 128 cm³/mol. The Bertz CT molecular complexity index is 1130. The van der Waals surface area contributed by atoms with Crippen LogP contribution >= 0.6 is 11.6 Å². The second kappa shape index (κ2) is 9.73. The van der Waals surface area contributed by atoms with E-state index in [4.69, 9.17) is 11.6 Å². The first-order chi connectivity index (χ1) is 15.4. The molecule has 168 valence electrons. The SMILES string of the molecule is Cc1c(NC(=O)CN2CCN(Cc3ccc(Cl)cc3)CC2)c(=O)n(-c2ccccc2)n1C. The first-order valence-corrected chi connectivity index (χ1v) is 11.1. The fourth-order valence-electron chi connectivity index (χ4n) is 4.05. The lowest BCUT2D eigenvalue weighted by atomic mass is 10.2. The normalized spacial score (nSPS) is 15.1. The van der Waals surface area contributed by atoms with E-state index in [9.17, 15) is 9.59 Å². The van der Waals surface area contributed by atoms with Crippen molar-refractivity contribution >= 4 is 23.2 Å². The molecule has 0 atom stereocenters. The van der Waals surface area contributed by atoms with Crippen molar-refractivity contribution in [1.29, 1.82) is 0 Å². The van der Waals surface area contributed by atoms with Gasteiger partial charge in [0, 0.05) is 44.8 Å². The van der Waals surface area contributed by atoms with E-state index in [1.54, 1.807) is 9.36 Å². The molecule has 0 spiro atoms. The minimum atomic E-state index is -0.225. The predicted octanol–water partition coefficient (Wildman–Crippen LogP) is 2.89. The van der Waals surface area contributed by atoms with Crippen LogP contribution in [0.1, 0.15) is 11.3 Å². The van der Waals surface area contributed by atoms with Crippen LogP contribution in [-0.4, -0.2) is 57.8 Å². The molecule has 2 heterocycles. The number of para-hydroxylation sites is 1. The number of hydrogen-bond donors (Lipinski definition) is 1. The highest BCUT2D eigenvalue weighted by Gasteiger charge is 2.22. The fourth-order valence-corrected chi connectivity index (χ4v) is 4.17. The smallest absolute Gasteiger partial charge is 0.295 e. The third-order valence-electron chi connectivity index (χ3n) is 5.97. The van der Waals surface area contributed by atoms with Crippen molar-refractivity contribution in [2.24, 2.45) is 7.05 Å². The molecule has 2 aromatic carbocycles. The van der Waals surface area contributed by atoms with Crippen LogP contribution in [0, 0.1) is 6.92 Å². The minimum Gasteiger partial charge on any atom is -0.319 e. The highest BCUT2D eigenvalue weighted by atomic mass is 35.5. The monoisotopic (exact) mass is 453 g/mol. The number of halogens is 1. The van der Waals surface area contributed by atoms with E-state index < -0.39 is 0 Å². The molecule has 1 aliphatic heterocycles. The van der Waals surface area contributed by atoms with Gasteiger partial charge in [-0.3, -0.25) is 24.1 Å². The summed E-state index contributed by atoms with van der Waals surface area (Å²) in [7, 11) is 1.82. The van der Waals surface area contributed by atoms with Gasteiger partial charge in [0.25, 0.3) is 5.56 Å². The number of piperazine rings is 1. The lowest BCUT2D eigenvalue weighted by molar-refractivity contribution is -0.117. The number of nitrogens with zero attached hydrogens (tertiary/aromatic N) is 4. The molecule has 0 bridgehead atoms. The maximum atomic E-state index is 13.0. The molecule has 1 saturated heterocycles.